The highest BCUT2D eigenvalue weighted by Gasteiger charge is 2.14. The fourth-order valence-corrected chi connectivity index (χ4v) is 2.67. The summed E-state index contributed by atoms with van der Waals surface area (Å²) < 4.78 is 0. The lowest BCUT2D eigenvalue weighted by atomic mass is 9.90. The summed E-state index contributed by atoms with van der Waals surface area (Å²) in [6, 6.07) is 3.87. The number of aromatic nitrogens is 1. The molecule has 0 aliphatic heterocycles. The van der Waals surface area contributed by atoms with Crippen LogP contribution in [0.5, 0.6) is 0 Å². The van der Waals surface area contributed by atoms with Gasteiger partial charge in [-0.3, -0.25) is 0 Å². The maximum Gasteiger partial charge on any atom is 0.134 e. The van der Waals surface area contributed by atoms with Crippen molar-refractivity contribution in [3.8, 4) is 0 Å². The van der Waals surface area contributed by atoms with Crippen molar-refractivity contribution in [2.75, 3.05) is 0 Å². The molecule has 0 fully saturated rings. The lowest BCUT2D eigenvalue weighted by Gasteiger charge is -2.17. The van der Waals surface area contributed by atoms with E-state index in [2.05, 4.69) is 18.8 Å². The van der Waals surface area contributed by atoms with E-state index in [1.165, 1.54) is 38.5 Å². The van der Waals surface area contributed by atoms with Gasteiger partial charge in [0.1, 0.15) is 10.3 Å². The largest absolute Gasteiger partial charge is 0.224 e. The molecule has 0 aliphatic rings. The van der Waals surface area contributed by atoms with E-state index in [4.69, 9.17) is 23.2 Å². The molecule has 1 atom stereocenters. The van der Waals surface area contributed by atoms with Gasteiger partial charge in [-0.2, -0.15) is 0 Å². The highest BCUT2D eigenvalue weighted by atomic mass is 35.5. The molecule has 0 amide bonds. The molecule has 96 valence electrons. The number of halogens is 2. The smallest absolute Gasteiger partial charge is 0.134 e. The van der Waals surface area contributed by atoms with Gasteiger partial charge < -0.3 is 0 Å². The molecule has 0 aliphatic carbocycles. The highest BCUT2D eigenvalue weighted by Crippen LogP contribution is 2.32. The number of hydrogen-bond donors (Lipinski definition) is 0. The molecule has 0 saturated carbocycles. The fraction of sp³-hybridized carbons (Fsp3) is 0.643. The van der Waals surface area contributed by atoms with Crippen molar-refractivity contribution in [1.29, 1.82) is 0 Å². The number of pyridine rings is 1. The Morgan fingerprint density at radius 1 is 1.06 bits per heavy atom. The molecule has 0 aromatic carbocycles. The van der Waals surface area contributed by atoms with Gasteiger partial charge in [0, 0.05) is 0 Å². The molecule has 0 spiro atoms. The van der Waals surface area contributed by atoms with Crippen LogP contribution in [0.25, 0.3) is 0 Å². The summed E-state index contributed by atoms with van der Waals surface area (Å²) in [5.74, 6) is 0.531. The summed E-state index contributed by atoms with van der Waals surface area (Å²) in [5.41, 5.74) is 1.16. The van der Waals surface area contributed by atoms with Crippen molar-refractivity contribution in [2.45, 2.75) is 58.3 Å². The molecular formula is C14H21Cl2N. The summed E-state index contributed by atoms with van der Waals surface area (Å²) in [5, 5.41) is 1.05. The first-order chi connectivity index (χ1) is 8.19. The van der Waals surface area contributed by atoms with E-state index in [0.717, 1.165) is 5.56 Å². The average molecular weight is 274 g/mol. The predicted molar refractivity (Wildman–Crippen MR) is 76.0 cm³/mol. The van der Waals surface area contributed by atoms with E-state index in [0.29, 0.717) is 16.2 Å². The van der Waals surface area contributed by atoms with Crippen molar-refractivity contribution in [1.82, 2.24) is 4.98 Å². The minimum atomic E-state index is 0.475. The first-order valence-corrected chi connectivity index (χ1v) is 7.26. The van der Waals surface area contributed by atoms with Crippen LogP contribution in [-0.2, 0) is 0 Å². The second kappa shape index (κ2) is 7.94. The lowest BCUT2D eigenvalue weighted by molar-refractivity contribution is 0.528. The maximum atomic E-state index is 6.18. The molecule has 0 radical (unpaired) electrons. The number of rotatable bonds is 7. The van der Waals surface area contributed by atoms with E-state index in [9.17, 15) is 0 Å². The topological polar surface area (TPSA) is 12.9 Å². The number of hydrogen-bond acceptors (Lipinski definition) is 1. The Morgan fingerprint density at radius 3 is 2.41 bits per heavy atom. The Balaban J connectivity index is 2.74. The first kappa shape index (κ1) is 14.8. The Hall–Kier alpha value is -0.270. The molecule has 17 heavy (non-hydrogen) atoms. The van der Waals surface area contributed by atoms with Gasteiger partial charge in [-0.15, -0.1) is 0 Å². The van der Waals surface area contributed by atoms with Crippen LogP contribution in [0.15, 0.2) is 12.1 Å². The molecule has 1 unspecified atom stereocenters. The van der Waals surface area contributed by atoms with Crippen LogP contribution in [0.3, 0.4) is 0 Å². The van der Waals surface area contributed by atoms with Crippen LogP contribution in [0, 0.1) is 0 Å². The molecule has 1 aromatic rings. The standard InChI is InChI=1S/C14H21Cl2N/c1-3-5-6-8-11(7-4-2)12-9-10-13(15)17-14(12)16/h9-11H,3-8H2,1-2H3. The molecule has 1 nitrogen and oxygen atoms in total. The monoisotopic (exact) mass is 273 g/mol. The maximum absolute atomic E-state index is 6.18. The van der Waals surface area contributed by atoms with Gasteiger partial charge in [0.2, 0.25) is 0 Å². The van der Waals surface area contributed by atoms with Gasteiger partial charge >= 0.3 is 0 Å². The Bertz CT molecular complexity index is 339. The Kier molecular flexibility index (Phi) is 6.91. The average Bonchev–Trinajstić information content (AvgIpc) is 2.28. The third kappa shape index (κ3) is 4.85. The van der Waals surface area contributed by atoms with Crippen LogP contribution in [-0.4, -0.2) is 4.98 Å². The van der Waals surface area contributed by atoms with E-state index < -0.39 is 0 Å². The molecule has 0 N–H and O–H groups in total. The second-order valence-electron chi connectivity index (χ2n) is 4.50. The SMILES string of the molecule is CCCCCC(CCC)c1ccc(Cl)nc1Cl. The van der Waals surface area contributed by atoms with Crippen molar-refractivity contribution >= 4 is 23.2 Å². The zero-order valence-corrected chi connectivity index (χ0v) is 12.2. The van der Waals surface area contributed by atoms with Gasteiger partial charge in [0.15, 0.2) is 0 Å². The molecule has 0 saturated heterocycles. The Labute approximate surface area is 115 Å². The molecule has 1 aromatic heterocycles. The molecule has 3 heteroatoms. The summed E-state index contributed by atoms with van der Waals surface area (Å²) in [4.78, 5) is 4.14. The summed E-state index contributed by atoms with van der Waals surface area (Å²) in [7, 11) is 0. The van der Waals surface area contributed by atoms with Gasteiger partial charge in [0.25, 0.3) is 0 Å². The van der Waals surface area contributed by atoms with Crippen molar-refractivity contribution in [3.05, 3.63) is 28.0 Å². The summed E-state index contributed by atoms with van der Waals surface area (Å²) in [6.45, 7) is 4.44. The minimum absolute atomic E-state index is 0.475. The third-order valence-corrected chi connectivity index (χ3v) is 3.59. The van der Waals surface area contributed by atoms with Crippen LogP contribution >= 0.6 is 23.2 Å². The minimum Gasteiger partial charge on any atom is -0.224 e. The second-order valence-corrected chi connectivity index (χ2v) is 5.24. The first-order valence-electron chi connectivity index (χ1n) is 6.51. The van der Waals surface area contributed by atoms with Crippen molar-refractivity contribution < 1.29 is 0 Å². The number of nitrogens with zero attached hydrogens (tertiary/aromatic N) is 1. The zero-order valence-electron chi connectivity index (χ0n) is 10.7. The van der Waals surface area contributed by atoms with Gasteiger partial charge in [-0.1, -0.05) is 68.8 Å². The van der Waals surface area contributed by atoms with Crippen LogP contribution < -0.4 is 0 Å². The van der Waals surface area contributed by atoms with Gasteiger partial charge in [-0.05, 0) is 30.4 Å². The van der Waals surface area contributed by atoms with E-state index >= 15 is 0 Å². The van der Waals surface area contributed by atoms with E-state index in [1.807, 2.05) is 12.1 Å². The lowest BCUT2D eigenvalue weighted by Crippen LogP contribution is -2.01. The molecular weight excluding hydrogens is 253 g/mol. The highest BCUT2D eigenvalue weighted by molar-refractivity contribution is 6.32. The number of unbranched alkanes of at least 4 members (excludes halogenated alkanes) is 2. The van der Waals surface area contributed by atoms with Crippen LogP contribution in [0.2, 0.25) is 10.3 Å². The molecule has 1 rings (SSSR count). The van der Waals surface area contributed by atoms with E-state index in [1.54, 1.807) is 0 Å². The van der Waals surface area contributed by atoms with Crippen LogP contribution in [0.1, 0.15) is 63.9 Å². The van der Waals surface area contributed by atoms with Crippen molar-refractivity contribution in [3.63, 3.8) is 0 Å². The summed E-state index contributed by atoms with van der Waals surface area (Å²) in [6.07, 6.45) is 7.36. The van der Waals surface area contributed by atoms with Crippen molar-refractivity contribution in [2.24, 2.45) is 0 Å². The third-order valence-electron chi connectivity index (χ3n) is 3.08. The Morgan fingerprint density at radius 2 is 1.82 bits per heavy atom. The quantitative estimate of drug-likeness (QED) is 0.448. The molecule has 1 heterocycles. The fourth-order valence-electron chi connectivity index (χ4n) is 2.17. The van der Waals surface area contributed by atoms with Gasteiger partial charge in [-0.25, -0.2) is 4.98 Å². The van der Waals surface area contributed by atoms with Gasteiger partial charge in [0.05, 0.1) is 0 Å². The normalized spacial score (nSPS) is 12.7. The predicted octanol–water partition coefficient (Wildman–Crippen LogP) is 5.85. The molecule has 0 bridgehead atoms. The van der Waals surface area contributed by atoms with Crippen LogP contribution in [0.4, 0.5) is 0 Å². The van der Waals surface area contributed by atoms with E-state index in [-0.39, 0.29) is 0 Å². The summed E-state index contributed by atoms with van der Waals surface area (Å²) >= 11 is 12.0. The zero-order chi connectivity index (χ0) is 12.7.